The average molecular weight is 292 g/mol. The molecule has 0 aliphatic rings. The van der Waals surface area contributed by atoms with Gasteiger partial charge in [-0.15, -0.1) is 0 Å². The molecule has 3 rings (SSSR count). The van der Waals surface area contributed by atoms with E-state index in [1.54, 1.807) is 0 Å². The van der Waals surface area contributed by atoms with Gasteiger partial charge >= 0.3 is 0 Å². The molecular weight excluding hydrogens is 274 g/mol. The molecule has 2 N–H and O–H groups in total. The van der Waals surface area contributed by atoms with Gasteiger partial charge in [0.2, 0.25) is 0 Å². The third-order valence-corrected chi connectivity index (χ3v) is 4.00. The van der Waals surface area contributed by atoms with Crippen LogP contribution in [0.4, 0.5) is 0 Å². The van der Waals surface area contributed by atoms with E-state index < -0.39 is 0 Å². The van der Waals surface area contributed by atoms with Gasteiger partial charge < -0.3 is 14.6 Å². The largest absolute Gasteiger partial charge is 0.461 e. The molecule has 0 aliphatic carbocycles. The van der Waals surface area contributed by atoms with Crippen molar-refractivity contribution in [3.63, 3.8) is 0 Å². The first-order valence-corrected chi connectivity index (χ1v) is 7.30. The number of hydrogen-bond acceptors (Lipinski definition) is 3. The van der Waals surface area contributed by atoms with Crippen molar-refractivity contribution in [2.75, 3.05) is 6.54 Å². The van der Waals surface area contributed by atoms with Gasteiger partial charge in [0.1, 0.15) is 17.1 Å². The summed E-state index contributed by atoms with van der Waals surface area (Å²) >= 11 is 6.46. The maximum absolute atomic E-state index is 6.46. The second-order valence-corrected chi connectivity index (χ2v) is 5.62. The Labute approximate surface area is 122 Å². The van der Waals surface area contributed by atoms with Crippen LogP contribution in [0.25, 0.3) is 21.9 Å². The van der Waals surface area contributed by atoms with Crippen molar-refractivity contribution >= 4 is 33.5 Å². The monoisotopic (exact) mass is 291 g/mol. The average Bonchev–Trinajstić information content (AvgIpc) is 2.97. The van der Waals surface area contributed by atoms with E-state index in [1.165, 1.54) is 5.56 Å². The van der Waals surface area contributed by atoms with Crippen LogP contribution >= 0.6 is 11.6 Å². The van der Waals surface area contributed by atoms with Crippen LogP contribution in [0.2, 0.25) is 5.02 Å². The minimum atomic E-state index is 0.641. The van der Waals surface area contributed by atoms with Gasteiger partial charge in [0.05, 0.1) is 5.02 Å². The van der Waals surface area contributed by atoms with Gasteiger partial charge in [0.25, 0.3) is 0 Å². The van der Waals surface area contributed by atoms with E-state index in [1.807, 2.05) is 26.0 Å². The molecular formula is C16H18ClNO2. The maximum Gasteiger partial charge on any atom is 0.154 e. The number of aryl methyl sites for hydroxylation is 3. The van der Waals surface area contributed by atoms with Crippen molar-refractivity contribution in [3.05, 3.63) is 34.2 Å². The normalized spacial score (nSPS) is 11.8. The summed E-state index contributed by atoms with van der Waals surface area (Å²) in [7, 11) is 0. The first-order valence-electron chi connectivity index (χ1n) is 6.92. The molecule has 0 amide bonds. The molecule has 1 aromatic carbocycles. The van der Waals surface area contributed by atoms with Crippen LogP contribution in [0.1, 0.15) is 29.9 Å². The Kier molecular flexibility index (Phi) is 3.48. The van der Waals surface area contributed by atoms with Crippen LogP contribution in [0, 0.1) is 13.8 Å². The second kappa shape index (κ2) is 5.15. The fourth-order valence-corrected chi connectivity index (χ4v) is 3.02. The lowest BCUT2D eigenvalue weighted by Crippen LogP contribution is -1.99. The molecule has 0 saturated heterocycles. The van der Waals surface area contributed by atoms with Crippen molar-refractivity contribution in [3.8, 4) is 0 Å². The SMILES string of the molecule is Cc1cc2c(CCCCN)c3oc(C)cc3c(Cl)c2o1. The molecule has 0 aliphatic heterocycles. The first-order chi connectivity index (χ1) is 9.61. The van der Waals surface area contributed by atoms with Gasteiger partial charge in [-0.1, -0.05) is 11.6 Å². The number of hydrogen-bond donors (Lipinski definition) is 1. The summed E-state index contributed by atoms with van der Waals surface area (Å²) in [5, 5.41) is 2.64. The van der Waals surface area contributed by atoms with E-state index >= 15 is 0 Å². The molecule has 0 unspecified atom stereocenters. The van der Waals surface area contributed by atoms with Crippen LogP contribution in [-0.4, -0.2) is 6.54 Å². The highest BCUT2D eigenvalue weighted by Crippen LogP contribution is 2.39. The number of fused-ring (bicyclic) bond motifs is 2. The highest BCUT2D eigenvalue weighted by Gasteiger charge is 2.19. The predicted octanol–water partition coefficient (Wildman–Crippen LogP) is 4.73. The van der Waals surface area contributed by atoms with Gasteiger partial charge in [-0.25, -0.2) is 0 Å². The molecule has 0 fully saturated rings. The Hall–Kier alpha value is -1.45. The molecule has 0 bridgehead atoms. The first kappa shape index (κ1) is 13.5. The molecule has 3 aromatic rings. The highest BCUT2D eigenvalue weighted by molar-refractivity contribution is 6.40. The number of halogens is 1. The highest BCUT2D eigenvalue weighted by atomic mass is 35.5. The number of rotatable bonds is 4. The number of nitrogens with two attached hydrogens (primary N) is 1. The van der Waals surface area contributed by atoms with Crippen LogP contribution in [0.5, 0.6) is 0 Å². The smallest absolute Gasteiger partial charge is 0.154 e. The minimum absolute atomic E-state index is 0.641. The van der Waals surface area contributed by atoms with Gasteiger partial charge in [0.15, 0.2) is 5.58 Å². The van der Waals surface area contributed by atoms with Crippen LogP contribution < -0.4 is 5.73 Å². The Morgan fingerprint density at radius 1 is 1.00 bits per heavy atom. The van der Waals surface area contributed by atoms with Crippen LogP contribution in [0.15, 0.2) is 21.0 Å². The van der Waals surface area contributed by atoms with E-state index in [9.17, 15) is 0 Å². The topological polar surface area (TPSA) is 52.3 Å². The zero-order chi connectivity index (χ0) is 14.3. The summed E-state index contributed by atoms with van der Waals surface area (Å²) in [5.74, 6) is 1.73. The molecule has 0 radical (unpaired) electrons. The Morgan fingerprint density at radius 3 is 2.35 bits per heavy atom. The molecule has 0 spiro atoms. The van der Waals surface area contributed by atoms with E-state index in [0.29, 0.717) is 11.6 Å². The Balaban J connectivity index is 2.27. The van der Waals surface area contributed by atoms with Crippen molar-refractivity contribution in [1.82, 2.24) is 0 Å². The Morgan fingerprint density at radius 2 is 1.65 bits per heavy atom. The molecule has 106 valence electrons. The fourth-order valence-electron chi connectivity index (χ4n) is 2.74. The quantitative estimate of drug-likeness (QED) is 0.707. The summed E-state index contributed by atoms with van der Waals surface area (Å²) in [4.78, 5) is 0. The molecule has 3 nitrogen and oxygen atoms in total. The molecule has 20 heavy (non-hydrogen) atoms. The van der Waals surface area contributed by atoms with Crippen molar-refractivity contribution in [2.45, 2.75) is 33.1 Å². The number of furan rings is 2. The third kappa shape index (κ3) is 2.11. The van der Waals surface area contributed by atoms with E-state index in [4.69, 9.17) is 26.2 Å². The van der Waals surface area contributed by atoms with Gasteiger partial charge in [0, 0.05) is 16.3 Å². The van der Waals surface area contributed by atoms with Gasteiger partial charge in [-0.2, -0.15) is 0 Å². The Bertz CT molecular complexity index is 712. The maximum atomic E-state index is 6.46. The zero-order valence-electron chi connectivity index (χ0n) is 11.8. The lowest BCUT2D eigenvalue weighted by molar-refractivity contribution is 0.571. The standard InChI is InChI=1S/C16H18ClNO2/c1-9-7-12-11(5-3-4-6-18)15-13(8-10(2)19-15)14(17)16(12)20-9/h7-8H,3-6,18H2,1-2H3. The predicted molar refractivity (Wildman–Crippen MR) is 82.5 cm³/mol. The summed E-state index contributed by atoms with van der Waals surface area (Å²) in [6.07, 6.45) is 2.96. The lowest BCUT2D eigenvalue weighted by atomic mass is 10.0. The number of benzene rings is 1. The summed E-state index contributed by atoms with van der Waals surface area (Å²) in [6.45, 7) is 4.58. The minimum Gasteiger partial charge on any atom is -0.461 e. The zero-order valence-corrected chi connectivity index (χ0v) is 12.5. The third-order valence-electron chi connectivity index (χ3n) is 3.63. The summed E-state index contributed by atoms with van der Waals surface area (Å²) in [5.41, 5.74) is 8.42. The molecule has 2 heterocycles. The van der Waals surface area contributed by atoms with Crippen molar-refractivity contribution in [2.24, 2.45) is 5.73 Å². The molecule has 0 atom stereocenters. The van der Waals surface area contributed by atoms with Crippen LogP contribution in [0.3, 0.4) is 0 Å². The summed E-state index contributed by atoms with van der Waals surface area (Å²) in [6, 6.07) is 4.01. The summed E-state index contributed by atoms with van der Waals surface area (Å²) < 4.78 is 11.6. The van der Waals surface area contributed by atoms with Crippen LogP contribution in [-0.2, 0) is 6.42 Å². The second-order valence-electron chi connectivity index (χ2n) is 5.24. The van der Waals surface area contributed by atoms with E-state index in [0.717, 1.165) is 52.7 Å². The number of unbranched alkanes of at least 4 members (excludes halogenated alkanes) is 1. The molecule has 0 saturated carbocycles. The van der Waals surface area contributed by atoms with Gasteiger partial charge in [-0.05, 0) is 51.8 Å². The van der Waals surface area contributed by atoms with E-state index in [-0.39, 0.29) is 0 Å². The van der Waals surface area contributed by atoms with Crippen molar-refractivity contribution in [1.29, 1.82) is 0 Å². The molecule has 4 heteroatoms. The molecule has 2 aromatic heterocycles. The van der Waals surface area contributed by atoms with Crippen molar-refractivity contribution < 1.29 is 8.83 Å². The van der Waals surface area contributed by atoms with E-state index in [2.05, 4.69) is 0 Å². The fraction of sp³-hybridized carbons (Fsp3) is 0.375. The van der Waals surface area contributed by atoms with Gasteiger partial charge in [-0.3, -0.25) is 0 Å². The lowest BCUT2D eigenvalue weighted by Gasteiger charge is -2.05.